The SMILES string of the molecule is CCC(C)(CCC(=O)ON1C(=O)CCC1=O)OCCC(C)(CS)C(=O)NCCCOS. The molecule has 0 aromatic heterocycles. The zero-order valence-corrected chi connectivity index (χ0v) is 20.3. The van der Waals surface area contributed by atoms with E-state index in [0.29, 0.717) is 56.3 Å². The zero-order valence-electron chi connectivity index (χ0n) is 18.5. The molecule has 1 N–H and O–H groups in total. The minimum atomic E-state index is -0.699. The third kappa shape index (κ3) is 8.99. The highest BCUT2D eigenvalue weighted by molar-refractivity contribution is 7.80. The Labute approximate surface area is 194 Å². The Kier molecular flexibility index (Phi) is 11.9. The molecule has 2 unspecified atom stereocenters. The first-order valence-corrected chi connectivity index (χ1v) is 11.5. The van der Waals surface area contributed by atoms with Crippen LogP contribution >= 0.6 is 25.5 Å². The van der Waals surface area contributed by atoms with Gasteiger partial charge in [-0.05, 0) is 52.4 Å². The number of ether oxygens (including phenoxy) is 1. The topological polar surface area (TPSA) is 111 Å². The highest BCUT2D eigenvalue weighted by Crippen LogP contribution is 2.28. The fraction of sp³-hybridized carbons (Fsp3) is 0.800. The summed E-state index contributed by atoms with van der Waals surface area (Å²) in [5, 5.41) is 3.42. The smallest absolute Gasteiger partial charge is 0.333 e. The Morgan fingerprint density at radius 3 is 2.32 bits per heavy atom. The lowest BCUT2D eigenvalue weighted by molar-refractivity contribution is -0.198. The van der Waals surface area contributed by atoms with E-state index < -0.39 is 28.8 Å². The summed E-state index contributed by atoms with van der Waals surface area (Å²) in [4.78, 5) is 52.6. The van der Waals surface area contributed by atoms with Gasteiger partial charge in [0.15, 0.2) is 0 Å². The van der Waals surface area contributed by atoms with Crippen LogP contribution in [0.4, 0.5) is 0 Å². The van der Waals surface area contributed by atoms with E-state index in [-0.39, 0.29) is 25.2 Å². The lowest BCUT2D eigenvalue weighted by Gasteiger charge is -2.32. The van der Waals surface area contributed by atoms with Crippen molar-refractivity contribution < 1.29 is 32.9 Å². The van der Waals surface area contributed by atoms with Gasteiger partial charge in [-0.25, -0.2) is 4.79 Å². The molecule has 2 atom stereocenters. The maximum absolute atomic E-state index is 12.5. The maximum atomic E-state index is 12.5. The summed E-state index contributed by atoms with van der Waals surface area (Å²) in [6.45, 7) is 6.89. The number of carbonyl (C=O) groups is 4. The van der Waals surface area contributed by atoms with Crippen molar-refractivity contribution in [1.29, 1.82) is 0 Å². The molecular formula is C20H34N2O7S2. The van der Waals surface area contributed by atoms with Crippen LogP contribution < -0.4 is 5.32 Å². The molecule has 0 saturated carbocycles. The fourth-order valence-corrected chi connectivity index (χ4v) is 3.29. The van der Waals surface area contributed by atoms with E-state index in [1.54, 1.807) is 0 Å². The number of imide groups is 1. The average Bonchev–Trinajstić information content (AvgIpc) is 3.07. The number of thiol groups is 2. The van der Waals surface area contributed by atoms with Crippen LogP contribution in [-0.2, 0) is 32.9 Å². The van der Waals surface area contributed by atoms with Crippen molar-refractivity contribution in [2.45, 2.75) is 71.3 Å². The standard InChI is InChI=1S/C20H34N2O7S2/c1-4-20(3,9-8-17(25)29-22-15(23)6-7-16(22)24)27-13-10-19(2,14-30)18(26)21-11-5-12-28-31/h30-31H,4-14H2,1-3H3,(H,21,26). The molecule has 178 valence electrons. The van der Waals surface area contributed by atoms with E-state index >= 15 is 0 Å². The summed E-state index contributed by atoms with van der Waals surface area (Å²) >= 11 is 8.00. The fourth-order valence-electron chi connectivity index (χ4n) is 2.86. The highest BCUT2D eigenvalue weighted by Gasteiger charge is 2.35. The lowest BCUT2D eigenvalue weighted by atomic mass is 9.88. The number of carbonyl (C=O) groups excluding carboxylic acids is 4. The molecule has 0 aromatic carbocycles. The van der Waals surface area contributed by atoms with Gasteiger partial charge in [0.05, 0.1) is 24.0 Å². The molecule has 0 spiro atoms. The number of rotatable bonds is 15. The minimum Gasteiger partial charge on any atom is -0.375 e. The molecule has 11 heteroatoms. The normalized spacial score (nSPS) is 17.9. The number of nitrogens with zero attached hydrogens (tertiary/aromatic N) is 1. The second-order valence-corrected chi connectivity index (χ2v) is 8.68. The predicted octanol–water partition coefficient (Wildman–Crippen LogP) is 2.25. The van der Waals surface area contributed by atoms with Crippen molar-refractivity contribution in [3.05, 3.63) is 0 Å². The van der Waals surface area contributed by atoms with Crippen molar-refractivity contribution >= 4 is 49.2 Å². The van der Waals surface area contributed by atoms with Crippen LogP contribution in [0.15, 0.2) is 0 Å². The maximum Gasteiger partial charge on any atom is 0.333 e. The summed E-state index contributed by atoms with van der Waals surface area (Å²) in [5.74, 6) is -1.41. The van der Waals surface area contributed by atoms with Gasteiger partial charge in [0.25, 0.3) is 11.8 Å². The largest absolute Gasteiger partial charge is 0.375 e. The molecular weight excluding hydrogens is 444 g/mol. The molecule has 1 rings (SSSR count). The molecule has 1 aliphatic rings. The second-order valence-electron chi connectivity index (χ2n) is 8.11. The number of hydrogen-bond acceptors (Lipinski definition) is 9. The van der Waals surface area contributed by atoms with Crippen LogP contribution in [0.2, 0.25) is 0 Å². The van der Waals surface area contributed by atoms with Crippen molar-refractivity contribution in [3.63, 3.8) is 0 Å². The van der Waals surface area contributed by atoms with Gasteiger partial charge in [0, 0.05) is 31.7 Å². The van der Waals surface area contributed by atoms with Crippen LogP contribution in [0.5, 0.6) is 0 Å². The summed E-state index contributed by atoms with van der Waals surface area (Å²) in [5.41, 5.74) is -1.31. The van der Waals surface area contributed by atoms with Gasteiger partial charge in [-0.1, -0.05) is 6.92 Å². The van der Waals surface area contributed by atoms with Crippen molar-refractivity contribution in [1.82, 2.24) is 10.4 Å². The lowest BCUT2D eigenvalue weighted by Crippen LogP contribution is -2.42. The Morgan fingerprint density at radius 2 is 1.77 bits per heavy atom. The predicted molar refractivity (Wildman–Crippen MR) is 120 cm³/mol. The quantitative estimate of drug-likeness (QED) is 0.143. The Bertz CT molecular complexity index is 633. The van der Waals surface area contributed by atoms with E-state index in [1.165, 1.54) is 0 Å². The van der Waals surface area contributed by atoms with E-state index in [0.717, 1.165) is 0 Å². The molecule has 0 aromatic rings. The molecule has 3 amide bonds. The first-order valence-electron chi connectivity index (χ1n) is 10.5. The third-order valence-corrected chi connectivity index (χ3v) is 6.38. The van der Waals surface area contributed by atoms with Crippen molar-refractivity contribution in [2.24, 2.45) is 5.41 Å². The van der Waals surface area contributed by atoms with Crippen LogP contribution in [0.1, 0.15) is 65.7 Å². The van der Waals surface area contributed by atoms with Gasteiger partial charge >= 0.3 is 5.97 Å². The number of amides is 3. The summed E-state index contributed by atoms with van der Waals surface area (Å²) in [7, 11) is 0. The Morgan fingerprint density at radius 1 is 1.13 bits per heavy atom. The first kappa shape index (κ1) is 27.7. The van der Waals surface area contributed by atoms with E-state index in [1.807, 2.05) is 20.8 Å². The Balaban J connectivity index is 2.48. The van der Waals surface area contributed by atoms with Crippen molar-refractivity contribution in [3.8, 4) is 0 Å². The molecule has 1 fully saturated rings. The number of hydrogen-bond donors (Lipinski definition) is 3. The van der Waals surface area contributed by atoms with Gasteiger partial charge in [-0.15, -0.1) is 5.06 Å². The molecule has 9 nitrogen and oxygen atoms in total. The monoisotopic (exact) mass is 478 g/mol. The van der Waals surface area contributed by atoms with Gasteiger partial charge in [0.1, 0.15) is 0 Å². The van der Waals surface area contributed by atoms with Gasteiger partial charge in [-0.3, -0.25) is 14.4 Å². The molecule has 31 heavy (non-hydrogen) atoms. The third-order valence-electron chi connectivity index (χ3n) is 5.50. The number of nitrogens with one attached hydrogen (secondary N) is 1. The molecule has 0 aliphatic carbocycles. The van der Waals surface area contributed by atoms with Crippen LogP contribution in [0.25, 0.3) is 0 Å². The van der Waals surface area contributed by atoms with Crippen LogP contribution in [0.3, 0.4) is 0 Å². The minimum absolute atomic E-state index is 0.00106. The van der Waals surface area contributed by atoms with Crippen molar-refractivity contribution in [2.75, 3.05) is 25.5 Å². The molecule has 1 heterocycles. The van der Waals surface area contributed by atoms with Gasteiger partial charge < -0.3 is 19.1 Å². The number of hydroxylamine groups is 2. The molecule has 0 radical (unpaired) electrons. The molecule has 0 bridgehead atoms. The Hall–Kier alpha value is -1.30. The van der Waals surface area contributed by atoms with E-state index in [9.17, 15) is 19.2 Å². The van der Waals surface area contributed by atoms with Crippen LogP contribution in [-0.4, -0.2) is 59.9 Å². The van der Waals surface area contributed by atoms with Gasteiger partial charge in [0.2, 0.25) is 5.91 Å². The zero-order chi connectivity index (χ0) is 23.5. The van der Waals surface area contributed by atoms with E-state index in [4.69, 9.17) is 9.57 Å². The van der Waals surface area contributed by atoms with Crippen LogP contribution in [0, 0.1) is 5.41 Å². The molecule has 1 aliphatic heterocycles. The molecule has 1 saturated heterocycles. The summed E-state index contributed by atoms with van der Waals surface area (Å²) < 4.78 is 10.7. The van der Waals surface area contributed by atoms with Gasteiger partial charge in [-0.2, -0.15) is 12.6 Å². The highest BCUT2D eigenvalue weighted by atomic mass is 32.1. The second kappa shape index (κ2) is 13.3. The van der Waals surface area contributed by atoms with E-state index in [2.05, 4.69) is 35.0 Å². The first-order chi connectivity index (χ1) is 14.6. The summed E-state index contributed by atoms with van der Waals surface area (Å²) in [6.07, 6.45) is 2.22. The summed E-state index contributed by atoms with van der Waals surface area (Å²) in [6, 6.07) is 0. The average molecular weight is 479 g/mol.